The van der Waals surface area contributed by atoms with Gasteiger partial charge in [-0.05, 0) is 0 Å². The van der Waals surface area contributed by atoms with Gasteiger partial charge in [-0.15, -0.1) is 0 Å². The van der Waals surface area contributed by atoms with Gasteiger partial charge in [0, 0.05) is 6.54 Å². The van der Waals surface area contributed by atoms with Gasteiger partial charge in [0.25, 0.3) is 0 Å². The fourth-order valence-corrected chi connectivity index (χ4v) is 0.0481. The predicted molar refractivity (Wildman–Crippen MR) is 19.8 cm³/mol. The molecule has 5 heavy (non-hydrogen) atoms. The van der Waals surface area contributed by atoms with E-state index in [1.807, 2.05) is 0 Å². The van der Waals surface area contributed by atoms with Crippen LogP contribution in [-0.4, -0.2) is 20.8 Å². The molecule has 0 unspecified atom stereocenters. The molecule has 1 N–H and O–H groups in total. The fraction of sp³-hybridized carbons (Fsp3) is 0.500. The molecule has 0 aromatic heterocycles. The Morgan fingerprint density at radius 1 is 2.00 bits per heavy atom. The molecular weight excluding hydrogens is 64.8 g/mol. The molecule has 2 nitrogen and oxygen atoms in total. The average Bonchev–Trinajstić information content (AvgIpc) is 1.41. The van der Waals surface area contributed by atoms with Gasteiger partial charge in [0.15, 0.2) is 7.98 Å². The number of hydrogen-bond acceptors (Lipinski definition) is 2. The van der Waals surface area contributed by atoms with Gasteiger partial charge in [-0.25, -0.2) is 0 Å². The van der Waals surface area contributed by atoms with Crippen molar-refractivity contribution in [2.24, 2.45) is 0 Å². The normalized spacial score (nSPS) is 7.20. The molecule has 0 saturated carbocycles. The van der Waals surface area contributed by atoms with Crippen molar-refractivity contribution in [1.82, 2.24) is 5.23 Å². The van der Waals surface area contributed by atoms with Crippen LogP contribution in [0.1, 0.15) is 0 Å². The molecule has 0 aliphatic carbocycles. The van der Waals surface area contributed by atoms with Crippen LogP contribution in [0.2, 0.25) is 0 Å². The van der Waals surface area contributed by atoms with Crippen LogP contribution < -0.4 is 5.23 Å². The van der Waals surface area contributed by atoms with E-state index >= 15 is 0 Å². The van der Waals surface area contributed by atoms with Crippen molar-refractivity contribution in [2.75, 3.05) is 6.54 Å². The topological polar surface area (TPSA) is 29.1 Å². The molecule has 0 rings (SSSR count). The highest BCUT2D eigenvalue weighted by atomic mass is 16.1. The Morgan fingerprint density at radius 3 is 2.60 bits per heavy atom. The van der Waals surface area contributed by atoms with Crippen molar-refractivity contribution >= 4 is 14.3 Å². The van der Waals surface area contributed by atoms with E-state index in [-0.39, 0.29) is 6.54 Å². The lowest BCUT2D eigenvalue weighted by molar-refractivity contribution is -0.106. The Bertz CT molecular complexity index is 30.8. The van der Waals surface area contributed by atoms with Crippen LogP contribution >= 0.6 is 0 Å². The molecule has 0 amide bonds. The Hall–Kier alpha value is -0.305. The molecule has 0 aromatic carbocycles. The first kappa shape index (κ1) is 4.69. The fourth-order valence-electron chi connectivity index (χ4n) is 0.0481. The monoisotopic (exact) mass is 69.0 g/mol. The minimum atomic E-state index is 0.236. The zero-order chi connectivity index (χ0) is 4.12. The van der Waals surface area contributed by atoms with E-state index in [9.17, 15) is 4.79 Å². The summed E-state index contributed by atoms with van der Waals surface area (Å²) in [5.41, 5.74) is 0. The summed E-state index contributed by atoms with van der Waals surface area (Å²) < 4.78 is 0. The van der Waals surface area contributed by atoms with E-state index in [1.54, 1.807) is 0 Å². The molecule has 0 bridgehead atoms. The van der Waals surface area contributed by atoms with Gasteiger partial charge in [0.1, 0.15) is 6.29 Å². The van der Waals surface area contributed by atoms with Crippen LogP contribution in [0, 0.1) is 0 Å². The van der Waals surface area contributed by atoms with E-state index in [0.29, 0.717) is 6.29 Å². The van der Waals surface area contributed by atoms with Crippen molar-refractivity contribution < 1.29 is 4.79 Å². The van der Waals surface area contributed by atoms with Crippen molar-refractivity contribution in [1.29, 1.82) is 0 Å². The summed E-state index contributed by atoms with van der Waals surface area (Å²) in [5.74, 6) is 0. The van der Waals surface area contributed by atoms with Crippen molar-refractivity contribution in [2.45, 2.75) is 0 Å². The molecule has 0 aliphatic rings. The maximum Gasteiger partial charge on any atom is 0.178 e. The first-order valence-electron chi connectivity index (χ1n) is 1.29. The molecule has 2 radical (unpaired) electrons. The van der Waals surface area contributed by atoms with Gasteiger partial charge >= 0.3 is 0 Å². The molecule has 0 spiro atoms. The summed E-state index contributed by atoms with van der Waals surface area (Å²) in [6.45, 7) is 0.236. The minimum Gasteiger partial charge on any atom is -0.360 e. The van der Waals surface area contributed by atoms with E-state index < -0.39 is 0 Å². The molecule has 26 valence electrons. The van der Waals surface area contributed by atoms with Gasteiger partial charge < -0.3 is 10.0 Å². The number of carbonyl (C=O) groups is 1. The minimum absolute atomic E-state index is 0.236. The van der Waals surface area contributed by atoms with Crippen molar-refractivity contribution in [3.05, 3.63) is 0 Å². The second kappa shape index (κ2) is 3.69. The molecule has 0 heterocycles. The number of aldehydes is 1. The third-order valence-corrected chi connectivity index (χ3v) is 0.201. The van der Waals surface area contributed by atoms with E-state index in [0.717, 1.165) is 0 Å². The standard InChI is InChI=1S/C2H4BNO/c3-4-1-2-5/h2,4H,1H2. The van der Waals surface area contributed by atoms with E-state index in [4.69, 9.17) is 0 Å². The van der Waals surface area contributed by atoms with Gasteiger partial charge in [-0.3, -0.25) is 0 Å². The van der Waals surface area contributed by atoms with Crippen LogP contribution in [0.5, 0.6) is 0 Å². The first-order valence-corrected chi connectivity index (χ1v) is 1.29. The molecule has 0 aliphatic heterocycles. The Labute approximate surface area is 32.0 Å². The third kappa shape index (κ3) is 3.69. The first-order chi connectivity index (χ1) is 2.41. The lowest BCUT2D eigenvalue weighted by atomic mass is 10.4. The highest BCUT2D eigenvalue weighted by molar-refractivity contribution is 6.05. The number of carbonyl (C=O) groups excluding carboxylic acids is 1. The second-order valence-electron chi connectivity index (χ2n) is 0.575. The lowest BCUT2D eigenvalue weighted by Gasteiger charge is -1.75. The SMILES string of the molecule is [B]NCC=O. The van der Waals surface area contributed by atoms with Crippen LogP contribution in [0.3, 0.4) is 0 Å². The molecule has 0 aromatic rings. The summed E-state index contributed by atoms with van der Waals surface area (Å²) in [5, 5.41) is 2.15. The van der Waals surface area contributed by atoms with Crippen LogP contribution in [-0.2, 0) is 4.79 Å². The number of hydrogen-bond donors (Lipinski definition) is 1. The van der Waals surface area contributed by atoms with Crippen molar-refractivity contribution in [3.63, 3.8) is 0 Å². The van der Waals surface area contributed by atoms with Gasteiger partial charge in [-0.2, -0.15) is 0 Å². The highest BCUT2D eigenvalue weighted by Crippen LogP contribution is 1.31. The molecular formula is C2H4BNO. The number of rotatable bonds is 2. The summed E-state index contributed by atoms with van der Waals surface area (Å²) >= 11 is 0. The van der Waals surface area contributed by atoms with Crippen LogP contribution in [0.25, 0.3) is 0 Å². The Kier molecular flexibility index (Phi) is 3.47. The molecule has 0 atom stereocenters. The van der Waals surface area contributed by atoms with Crippen LogP contribution in [0.4, 0.5) is 0 Å². The second-order valence-corrected chi connectivity index (χ2v) is 0.575. The molecule has 0 saturated heterocycles. The number of nitrogens with one attached hydrogen (secondary N) is 1. The van der Waals surface area contributed by atoms with Gasteiger partial charge in [-0.1, -0.05) is 0 Å². The zero-order valence-corrected chi connectivity index (χ0v) is 2.77. The average molecular weight is 68.9 g/mol. The van der Waals surface area contributed by atoms with Crippen molar-refractivity contribution in [3.8, 4) is 0 Å². The molecule has 0 fully saturated rings. The summed E-state index contributed by atoms with van der Waals surface area (Å²) in [6, 6.07) is 0. The largest absolute Gasteiger partial charge is 0.360 e. The van der Waals surface area contributed by atoms with Gasteiger partial charge in [0.2, 0.25) is 0 Å². The van der Waals surface area contributed by atoms with E-state index in [1.165, 1.54) is 0 Å². The van der Waals surface area contributed by atoms with Crippen LogP contribution in [0.15, 0.2) is 0 Å². The Balaban J connectivity index is 2.40. The smallest absolute Gasteiger partial charge is 0.178 e. The lowest BCUT2D eigenvalue weighted by Crippen LogP contribution is -2.09. The van der Waals surface area contributed by atoms with Gasteiger partial charge in [0.05, 0.1) is 0 Å². The quantitative estimate of drug-likeness (QED) is 0.328. The summed E-state index contributed by atoms with van der Waals surface area (Å²) in [6.07, 6.45) is 0.694. The highest BCUT2D eigenvalue weighted by Gasteiger charge is 1.63. The Morgan fingerprint density at radius 2 is 2.60 bits per heavy atom. The summed E-state index contributed by atoms with van der Waals surface area (Å²) in [7, 11) is 4.66. The maximum atomic E-state index is 9.26. The zero-order valence-electron chi connectivity index (χ0n) is 2.77. The summed E-state index contributed by atoms with van der Waals surface area (Å²) in [4.78, 5) is 9.26. The predicted octanol–water partition coefficient (Wildman–Crippen LogP) is -1.14. The van der Waals surface area contributed by atoms with E-state index in [2.05, 4.69) is 13.2 Å². The molecule has 3 heteroatoms. The maximum absolute atomic E-state index is 9.26. The third-order valence-electron chi connectivity index (χ3n) is 0.201.